The summed E-state index contributed by atoms with van der Waals surface area (Å²) in [4.78, 5) is 17.0. The Morgan fingerprint density at radius 1 is 1.13 bits per heavy atom. The van der Waals surface area contributed by atoms with E-state index in [0.29, 0.717) is 0 Å². The number of fused-ring (bicyclic) bond motifs is 2. The van der Waals surface area contributed by atoms with Gasteiger partial charge in [0.05, 0.1) is 17.8 Å². The highest BCUT2D eigenvalue weighted by Crippen LogP contribution is 2.38. The van der Waals surface area contributed by atoms with E-state index in [4.69, 9.17) is 11.6 Å². The molecule has 1 unspecified atom stereocenters. The molecule has 3 nitrogen and oxygen atoms in total. The molecule has 1 atom stereocenters. The molecular formula is C19H15ClN2O. The summed E-state index contributed by atoms with van der Waals surface area (Å²) in [5, 5.41) is 5.81. The van der Waals surface area contributed by atoms with Crippen molar-refractivity contribution in [3.63, 3.8) is 0 Å². The molecule has 1 amide bonds. The number of anilines is 1. The van der Waals surface area contributed by atoms with E-state index >= 15 is 0 Å². The molecule has 3 aromatic rings. The molecule has 4 heteroatoms. The number of aromatic nitrogens is 1. The molecule has 0 spiro atoms. The molecule has 0 saturated heterocycles. The summed E-state index contributed by atoms with van der Waals surface area (Å²) < 4.78 is 0. The van der Waals surface area contributed by atoms with Crippen LogP contribution >= 0.6 is 11.6 Å². The Bertz CT molecular complexity index is 902. The van der Waals surface area contributed by atoms with Crippen LogP contribution in [-0.4, -0.2) is 10.9 Å². The number of nitrogens with one attached hydrogen (secondary N) is 1. The molecule has 0 aliphatic heterocycles. The zero-order valence-corrected chi connectivity index (χ0v) is 13.2. The van der Waals surface area contributed by atoms with E-state index in [1.807, 2.05) is 42.5 Å². The molecule has 0 radical (unpaired) electrons. The fourth-order valence-corrected chi connectivity index (χ4v) is 3.59. The number of pyridine rings is 1. The quantitative estimate of drug-likeness (QED) is 0.751. The first-order chi connectivity index (χ1) is 11.2. The predicted octanol–water partition coefficient (Wildman–Crippen LogP) is 4.56. The van der Waals surface area contributed by atoms with Crippen molar-refractivity contribution < 1.29 is 4.79 Å². The standard InChI is InChI=1S/C19H15ClN2O/c20-17-7-3-6-14-15(17)8-9-16(14)19(23)22-18-11-21-10-12-4-1-2-5-13(12)18/h1-7,10-11,16H,8-9H2,(H,22,23). The zero-order valence-electron chi connectivity index (χ0n) is 12.4. The van der Waals surface area contributed by atoms with E-state index in [9.17, 15) is 4.79 Å². The molecular weight excluding hydrogens is 308 g/mol. The fraction of sp³-hybridized carbons (Fsp3) is 0.158. The first-order valence-corrected chi connectivity index (χ1v) is 8.03. The van der Waals surface area contributed by atoms with Crippen molar-refractivity contribution in [2.75, 3.05) is 5.32 Å². The van der Waals surface area contributed by atoms with Gasteiger partial charge in [0.15, 0.2) is 0 Å². The van der Waals surface area contributed by atoms with Crippen LogP contribution in [0.3, 0.4) is 0 Å². The van der Waals surface area contributed by atoms with Gasteiger partial charge in [0, 0.05) is 22.0 Å². The topological polar surface area (TPSA) is 42.0 Å². The van der Waals surface area contributed by atoms with Gasteiger partial charge in [0.1, 0.15) is 0 Å². The number of carbonyl (C=O) groups excluding carboxylic acids is 1. The van der Waals surface area contributed by atoms with Crippen molar-refractivity contribution in [3.8, 4) is 0 Å². The summed E-state index contributed by atoms with van der Waals surface area (Å²) in [6, 6.07) is 13.7. The Kier molecular flexibility index (Phi) is 3.50. The maximum Gasteiger partial charge on any atom is 0.231 e. The number of carbonyl (C=O) groups is 1. The molecule has 1 aliphatic carbocycles. The van der Waals surface area contributed by atoms with Crippen molar-refractivity contribution in [2.24, 2.45) is 0 Å². The minimum Gasteiger partial charge on any atom is -0.324 e. The van der Waals surface area contributed by atoms with Gasteiger partial charge in [-0.25, -0.2) is 0 Å². The molecule has 0 fully saturated rings. The average Bonchev–Trinajstić information content (AvgIpc) is 3.01. The fourth-order valence-electron chi connectivity index (χ4n) is 3.32. The van der Waals surface area contributed by atoms with Crippen molar-refractivity contribution in [3.05, 3.63) is 71.0 Å². The lowest BCUT2D eigenvalue weighted by Crippen LogP contribution is -2.19. The highest BCUT2D eigenvalue weighted by Gasteiger charge is 2.30. The van der Waals surface area contributed by atoms with E-state index in [-0.39, 0.29) is 11.8 Å². The second kappa shape index (κ2) is 5.67. The average molecular weight is 323 g/mol. The summed E-state index contributed by atoms with van der Waals surface area (Å²) >= 11 is 6.24. The van der Waals surface area contributed by atoms with E-state index in [1.54, 1.807) is 12.4 Å². The van der Waals surface area contributed by atoms with Gasteiger partial charge in [-0.05, 0) is 30.0 Å². The van der Waals surface area contributed by atoms with E-state index in [1.165, 1.54) is 0 Å². The number of nitrogens with zero attached hydrogens (tertiary/aromatic N) is 1. The zero-order chi connectivity index (χ0) is 15.8. The van der Waals surface area contributed by atoms with Gasteiger partial charge in [-0.2, -0.15) is 0 Å². The van der Waals surface area contributed by atoms with E-state index in [0.717, 1.165) is 45.5 Å². The van der Waals surface area contributed by atoms with Crippen LogP contribution in [0.4, 0.5) is 5.69 Å². The molecule has 1 aromatic heterocycles. The van der Waals surface area contributed by atoms with Crippen LogP contribution < -0.4 is 5.32 Å². The molecule has 23 heavy (non-hydrogen) atoms. The third kappa shape index (κ3) is 2.47. The third-order valence-corrected chi connectivity index (χ3v) is 4.81. The van der Waals surface area contributed by atoms with Gasteiger partial charge in [-0.1, -0.05) is 48.0 Å². The van der Waals surface area contributed by atoms with Crippen LogP contribution in [0.5, 0.6) is 0 Å². The van der Waals surface area contributed by atoms with Gasteiger partial charge in [-0.15, -0.1) is 0 Å². The number of hydrogen-bond acceptors (Lipinski definition) is 2. The second-order valence-electron chi connectivity index (χ2n) is 5.80. The lowest BCUT2D eigenvalue weighted by Gasteiger charge is -2.14. The number of rotatable bonds is 2. The van der Waals surface area contributed by atoms with Gasteiger partial charge < -0.3 is 5.32 Å². The minimum atomic E-state index is -0.150. The molecule has 1 heterocycles. The molecule has 1 aliphatic rings. The molecule has 114 valence electrons. The van der Waals surface area contributed by atoms with E-state index in [2.05, 4.69) is 10.3 Å². The highest BCUT2D eigenvalue weighted by atomic mass is 35.5. The summed E-state index contributed by atoms with van der Waals surface area (Å²) in [6.45, 7) is 0. The Labute approximate surface area is 139 Å². The lowest BCUT2D eigenvalue weighted by molar-refractivity contribution is -0.117. The Morgan fingerprint density at radius 2 is 2.00 bits per heavy atom. The minimum absolute atomic E-state index is 0.00386. The molecule has 4 rings (SSSR count). The smallest absolute Gasteiger partial charge is 0.231 e. The van der Waals surface area contributed by atoms with Crippen molar-refractivity contribution >= 4 is 34.0 Å². The van der Waals surface area contributed by atoms with Gasteiger partial charge in [0.2, 0.25) is 5.91 Å². The number of amides is 1. The second-order valence-corrected chi connectivity index (χ2v) is 6.20. The molecule has 0 bridgehead atoms. The summed E-state index contributed by atoms with van der Waals surface area (Å²) in [5.41, 5.74) is 2.90. The number of halogens is 1. The van der Waals surface area contributed by atoms with Crippen LogP contribution in [0.1, 0.15) is 23.5 Å². The maximum atomic E-state index is 12.8. The third-order valence-electron chi connectivity index (χ3n) is 4.46. The van der Waals surface area contributed by atoms with Crippen LogP contribution in [0, 0.1) is 0 Å². The summed E-state index contributed by atoms with van der Waals surface area (Å²) in [6.07, 6.45) is 5.15. The predicted molar refractivity (Wildman–Crippen MR) is 92.9 cm³/mol. The number of benzene rings is 2. The van der Waals surface area contributed by atoms with Crippen molar-refractivity contribution in [1.82, 2.24) is 4.98 Å². The van der Waals surface area contributed by atoms with Crippen LogP contribution in [0.15, 0.2) is 54.9 Å². The monoisotopic (exact) mass is 322 g/mol. The number of hydrogen-bond donors (Lipinski definition) is 1. The molecule has 2 aromatic carbocycles. The van der Waals surface area contributed by atoms with Crippen LogP contribution in [0.25, 0.3) is 10.8 Å². The van der Waals surface area contributed by atoms with Gasteiger partial charge in [-0.3, -0.25) is 9.78 Å². The van der Waals surface area contributed by atoms with Crippen LogP contribution in [-0.2, 0) is 11.2 Å². The maximum absolute atomic E-state index is 12.8. The summed E-state index contributed by atoms with van der Waals surface area (Å²) in [7, 11) is 0. The Morgan fingerprint density at radius 3 is 2.91 bits per heavy atom. The largest absolute Gasteiger partial charge is 0.324 e. The Hall–Kier alpha value is -2.39. The van der Waals surface area contributed by atoms with Crippen molar-refractivity contribution in [1.29, 1.82) is 0 Å². The molecule has 0 saturated carbocycles. The van der Waals surface area contributed by atoms with Gasteiger partial charge in [0.25, 0.3) is 0 Å². The first-order valence-electron chi connectivity index (χ1n) is 7.65. The SMILES string of the molecule is O=C(Nc1cncc2ccccc12)C1CCc2c(Cl)cccc21. The Balaban J connectivity index is 1.66. The van der Waals surface area contributed by atoms with E-state index < -0.39 is 0 Å². The molecule has 1 N–H and O–H groups in total. The highest BCUT2D eigenvalue weighted by molar-refractivity contribution is 6.31. The first kappa shape index (κ1) is 14.2. The lowest BCUT2D eigenvalue weighted by atomic mass is 10.0. The summed E-state index contributed by atoms with van der Waals surface area (Å²) in [5.74, 6) is -0.146. The van der Waals surface area contributed by atoms with Crippen molar-refractivity contribution in [2.45, 2.75) is 18.8 Å². The van der Waals surface area contributed by atoms with Crippen LogP contribution in [0.2, 0.25) is 5.02 Å². The van der Waals surface area contributed by atoms with Gasteiger partial charge >= 0.3 is 0 Å². The normalized spacial score (nSPS) is 16.3.